The van der Waals surface area contributed by atoms with Crippen LogP contribution in [0, 0.1) is 5.41 Å². The van der Waals surface area contributed by atoms with Crippen LogP contribution in [0.25, 0.3) is 11.3 Å². The topological polar surface area (TPSA) is 53.7 Å². The SMILES string of the molecule is FC(F)(F)Oc1ccccc1-c1noc(C2CC2)c1COCC12CCC(CC1)OC2. The highest BCUT2D eigenvalue weighted by atomic mass is 19.4. The van der Waals surface area contributed by atoms with Crippen LogP contribution in [-0.2, 0) is 16.1 Å². The number of halogens is 3. The van der Waals surface area contributed by atoms with E-state index < -0.39 is 6.36 Å². The summed E-state index contributed by atoms with van der Waals surface area (Å²) in [5.41, 5.74) is 1.38. The van der Waals surface area contributed by atoms with E-state index in [0.717, 1.165) is 44.1 Å². The van der Waals surface area contributed by atoms with Crippen molar-refractivity contribution in [3.05, 3.63) is 35.6 Å². The molecule has 2 aliphatic carbocycles. The highest BCUT2D eigenvalue weighted by Gasteiger charge is 2.42. The van der Waals surface area contributed by atoms with Gasteiger partial charge in [0.25, 0.3) is 0 Å². The number of benzene rings is 1. The zero-order valence-electron chi connectivity index (χ0n) is 16.5. The standard InChI is InChI=1S/C22H24F3NO4/c23-22(24,25)29-18-4-2-1-3-16(18)19-17(20(30-26-19)14-5-6-14)11-27-12-21-9-7-15(8-10-21)28-13-21/h1-4,14-15H,5-13H2. The lowest BCUT2D eigenvalue weighted by Crippen LogP contribution is -2.45. The Morgan fingerprint density at radius 1 is 1.10 bits per heavy atom. The number of aromatic nitrogens is 1. The van der Waals surface area contributed by atoms with Gasteiger partial charge < -0.3 is 18.7 Å². The summed E-state index contributed by atoms with van der Waals surface area (Å²) in [7, 11) is 0. The Bertz CT molecular complexity index is 884. The molecule has 0 amide bonds. The molecule has 1 aromatic carbocycles. The van der Waals surface area contributed by atoms with Gasteiger partial charge in [-0.15, -0.1) is 13.2 Å². The van der Waals surface area contributed by atoms with Gasteiger partial charge in [-0.25, -0.2) is 0 Å². The molecule has 2 bridgehead atoms. The molecule has 4 fully saturated rings. The van der Waals surface area contributed by atoms with Crippen molar-refractivity contribution in [1.82, 2.24) is 5.16 Å². The summed E-state index contributed by atoms with van der Waals surface area (Å²) in [5, 5.41) is 4.12. The van der Waals surface area contributed by atoms with Crippen LogP contribution in [0.4, 0.5) is 13.2 Å². The minimum atomic E-state index is -4.78. The fraction of sp³-hybridized carbons (Fsp3) is 0.591. The predicted molar refractivity (Wildman–Crippen MR) is 101 cm³/mol. The second-order valence-corrected chi connectivity index (χ2v) is 8.70. The lowest BCUT2D eigenvalue weighted by atomic mass is 9.72. The molecule has 6 rings (SSSR count). The molecule has 4 aliphatic rings. The lowest BCUT2D eigenvalue weighted by molar-refractivity contribution is -0.274. The summed E-state index contributed by atoms with van der Waals surface area (Å²) >= 11 is 0. The molecule has 8 heteroatoms. The van der Waals surface area contributed by atoms with Gasteiger partial charge in [-0.1, -0.05) is 17.3 Å². The molecule has 0 unspecified atom stereocenters. The normalized spacial score (nSPS) is 26.2. The molecule has 0 radical (unpaired) electrons. The number of para-hydroxylation sites is 1. The first-order valence-electron chi connectivity index (χ1n) is 10.5. The van der Waals surface area contributed by atoms with Crippen molar-refractivity contribution in [2.45, 2.75) is 63.5 Å². The molecular formula is C22H24F3NO4. The van der Waals surface area contributed by atoms with Crippen molar-refractivity contribution >= 4 is 0 Å². The Balaban J connectivity index is 1.38. The van der Waals surface area contributed by atoms with E-state index in [9.17, 15) is 13.2 Å². The fourth-order valence-corrected chi connectivity index (χ4v) is 4.58. The number of rotatable bonds is 7. The minimum absolute atomic E-state index is 0.0448. The van der Waals surface area contributed by atoms with Gasteiger partial charge in [0.2, 0.25) is 0 Å². The number of hydrogen-bond acceptors (Lipinski definition) is 5. The molecule has 3 heterocycles. The van der Waals surface area contributed by atoms with Crippen LogP contribution in [-0.4, -0.2) is 30.8 Å². The highest BCUT2D eigenvalue weighted by molar-refractivity contribution is 5.70. The van der Waals surface area contributed by atoms with E-state index in [0.29, 0.717) is 30.8 Å². The van der Waals surface area contributed by atoms with Crippen molar-refractivity contribution in [1.29, 1.82) is 0 Å². The van der Waals surface area contributed by atoms with Crippen LogP contribution in [0.2, 0.25) is 0 Å². The van der Waals surface area contributed by atoms with E-state index in [4.69, 9.17) is 14.0 Å². The molecular weight excluding hydrogens is 399 g/mol. The third-order valence-corrected chi connectivity index (χ3v) is 6.41. The van der Waals surface area contributed by atoms with E-state index in [2.05, 4.69) is 9.89 Å². The molecule has 0 atom stereocenters. The zero-order valence-corrected chi connectivity index (χ0v) is 16.5. The summed E-state index contributed by atoms with van der Waals surface area (Å²) in [6.45, 7) is 1.53. The molecule has 30 heavy (non-hydrogen) atoms. The van der Waals surface area contributed by atoms with Gasteiger partial charge in [-0.3, -0.25) is 0 Å². The van der Waals surface area contributed by atoms with Crippen molar-refractivity contribution in [2.75, 3.05) is 13.2 Å². The maximum absolute atomic E-state index is 12.9. The van der Waals surface area contributed by atoms with E-state index in [-0.39, 0.29) is 29.3 Å². The number of alkyl halides is 3. The van der Waals surface area contributed by atoms with Crippen molar-refractivity contribution in [3.8, 4) is 17.0 Å². The van der Waals surface area contributed by atoms with Crippen LogP contribution >= 0.6 is 0 Å². The van der Waals surface area contributed by atoms with E-state index in [1.165, 1.54) is 12.1 Å². The second-order valence-electron chi connectivity index (χ2n) is 8.70. The van der Waals surface area contributed by atoms with Crippen molar-refractivity contribution in [2.24, 2.45) is 5.41 Å². The second kappa shape index (κ2) is 7.57. The number of ether oxygens (including phenoxy) is 3. The average Bonchev–Trinajstić information content (AvgIpc) is 3.49. The quantitative estimate of drug-likeness (QED) is 0.581. The smallest absolute Gasteiger partial charge is 0.405 e. The number of nitrogens with zero attached hydrogens (tertiary/aromatic N) is 1. The zero-order chi connectivity index (χ0) is 20.8. The maximum Gasteiger partial charge on any atom is 0.573 e. The van der Waals surface area contributed by atoms with Crippen LogP contribution in [0.1, 0.15) is 55.8 Å². The van der Waals surface area contributed by atoms with E-state index >= 15 is 0 Å². The Labute approximate surface area is 172 Å². The Hall–Kier alpha value is -2.06. The van der Waals surface area contributed by atoms with Crippen molar-refractivity contribution in [3.63, 3.8) is 0 Å². The summed E-state index contributed by atoms with van der Waals surface area (Å²) in [6.07, 6.45) is 1.90. The summed E-state index contributed by atoms with van der Waals surface area (Å²) in [6, 6.07) is 6.01. The molecule has 2 saturated heterocycles. The Kier molecular flexibility index (Phi) is 5.01. The molecule has 2 saturated carbocycles. The summed E-state index contributed by atoms with van der Waals surface area (Å²) in [4.78, 5) is 0. The van der Waals surface area contributed by atoms with Crippen molar-refractivity contribution < 1.29 is 31.9 Å². The first kappa shape index (κ1) is 19.9. The van der Waals surface area contributed by atoms with Gasteiger partial charge in [-0.05, 0) is 50.7 Å². The molecule has 162 valence electrons. The van der Waals surface area contributed by atoms with E-state index in [1.54, 1.807) is 12.1 Å². The molecule has 1 aromatic heterocycles. The monoisotopic (exact) mass is 423 g/mol. The van der Waals surface area contributed by atoms with Gasteiger partial charge >= 0.3 is 6.36 Å². The van der Waals surface area contributed by atoms with Gasteiger partial charge in [0.1, 0.15) is 17.2 Å². The average molecular weight is 423 g/mol. The Morgan fingerprint density at radius 2 is 1.87 bits per heavy atom. The number of hydrogen-bond donors (Lipinski definition) is 0. The van der Waals surface area contributed by atoms with Crippen LogP contribution in [0.5, 0.6) is 5.75 Å². The molecule has 0 spiro atoms. The third kappa shape index (κ3) is 4.07. The minimum Gasteiger partial charge on any atom is -0.405 e. The molecule has 2 aliphatic heterocycles. The largest absolute Gasteiger partial charge is 0.573 e. The lowest BCUT2D eigenvalue weighted by Gasteiger charge is -2.46. The first-order chi connectivity index (χ1) is 14.4. The van der Waals surface area contributed by atoms with E-state index in [1.807, 2.05) is 0 Å². The third-order valence-electron chi connectivity index (χ3n) is 6.41. The van der Waals surface area contributed by atoms with Crippen LogP contribution in [0.15, 0.2) is 28.8 Å². The summed E-state index contributed by atoms with van der Waals surface area (Å²) < 4.78 is 60.4. The number of fused-ring (bicyclic) bond motifs is 3. The predicted octanol–water partition coefficient (Wildman–Crippen LogP) is 5.59. The Morgan fingerprint density at radius 3 is 2.53 bits per heavy atom. The molecule has 2 aromatic rings. The van der Waals surface area contributed by atoms with Gasteiger partial charge in [0, 0.05) is 22.5 Å². The molecule has 0 N–H and O–H groups in total. The van der Waals surface area contributed by atoms with Crippen LogP contribution in [0.3, 0.4) is 0 Å². The first-order valence-corrected chi connectivity index (χ1v) is 10.5. The fourth-order valence-electron chi connectivity index (χ4n) is 4.58. The van der Waals surface area contributed by atoms with Gasteiger partial charge in [0.15, 0.2) is 0 Å². The summed E-state index contributed by atoms with van der Waals surface area (Å²) in [5.74, 6) is 0.680. The van der Waals surface area contributed by atoms with Gasteiger partial charge in [-0.2, -0.15) is 0 Å². The highest BCUT2D eigenvalue weighted by Crippen LogP contribution is 2.47. The maximum atomic E-state index is 12.9. The molecule has 5 nitrogen and oxygen atoms in total. The van der Waals surface area contributed by atoms with Crippen LogP contribution < -0.4 is 4.74 Å². The van der Waals surface area contributed by atoms with Gasteiger partial charge in [0.05, 0.1) is 25.9 Å².